The van der Waals surface area contributed by atoms with E-state index in [2.05, 4.69) is 15.2 Å². The number of rotatable bonds is 4. The Bertz CT molecular complexity index is 1510. The van der Waals surface area contributed by atoms with Gasteiger partial charge >= 0.3 is 29.6 Å². The normalized spacial score (nSPS) is 11.6. The van der Waals surface area contributed by atoms with Gasteiger partial charge in [0.05, 0.1) is 17.6 Å². The number of anilines is 1. The molecule has 0 saturated heterocycles. The average molecular weight is 474 g/mol. The second-order valence-corrected chi connectivity index (χ2v) is 8.74. The van der Waals surface area contributed by atoms with E-state index in [4.69, 9.17) is 5.73 Å². The predicted octanol–water partition coefficient (Wildman–Crippen LogP) is 5.25. The number of halogens is 1. The number of hydrogen-bond acceptors (Lipinski definition) is 6. The molecule has 4 aromatic rings. The molecule has 164 valence electrons. The monoisotopic (exact) mass is 474 g/mol. The summed E-state index contributed by atoms with van der Waals surface area (Å²) in [5.41, 5.74) is 10.0. The van der Waals surface area contributed by atoms with Crippen LogP contribution in [0, 0.1) is 19.7 Å². The summed E-state index contributed by atoms with van der Waals surface area (Å²) in [7, 11) is -4.50. The van der Waals surface area contributed by atoms with Gasteiger partial charge in [0, 0.05) is 16.3 Å². The number of aromatic nitrogens is 1. The van der Waals surface area contributed by atoms with Crippen LogP contribution in [0.4, 0.5) is 21.5 Å². The first-order valence-electron chi connectivity index (χ1n) is 9.59. The van der Waals surface area contributed by atoms with Gasteiger partial charge in [-0.3, -0.25) is 9.54 Å². The van der Waals surface area contributed by atoms with Crippen molar-refractivity contribution in [1.29, 1.82) is 0 Å². The quantitative estimate of drug-likeness (QED) is 0.181. The SMILES string of the molecule is Cc1cc(F)ccc1-c1ncc(N=Nc2cc(S(=O)(=O)O)c3ccccc3c2N)cc1C.[NaH]. The molecule has 3 N–H and O–H groups in total. The summed E-state index contributed by atoms with van der Waals surface area (Å²) in [6.45, 7) is 3.66. The van der Waals surface area contributed by atoms with Gasteiger partial charge in [-0.2, -0.15) is 8.42 Å². The molecule has 3 aromatic carbocycles. The summed E-state index contributed by atoms with van der Waals surface area (Å²) in [5, 5.41) is 8.99. The van der Waals surface area contributed by atoms with Gasteiger partial charge in [-0.25, -0.2) is 4.39 Å². The van der Waals surface area contributed by atoms with Crippen LogP contribution in [0.5, 0.6) is 0 Å². The minimum atomic E-state index is -4.50. The molecule has 0 aliphatic heterocycles. The molecule has 0 unspecified atom stereocenters. The fraction of sp³-hybridized carbons (Fsp3) is 0.0870. The summed E-state index contributed by atoms with van der Waals surface area (Å²) in [5.74, 6) is -0.313. The molecule has 7 nitrogen and oxygen atoms in total. The summed E-state index contributed by atoms with van der Waals surface area (Å²) in [4.78, 5) is 4.14. The fourth-order valence-corrected chi connectivity index (χ4v) is 4.26. The summed E-state index contributed by atoms with van der Waals surface area (Å²) in [6, 6.07) is 14.0. The second kappa shape index (κ2) is 9.66. The first kappa shape index (κ1) is 24.9. The van der Waals surface area contributed by atoms with E-state index < -0.39 is 10.1 Å². The van der Waals surface area contributed by atoms with Crippen LogP contribution in [0.1, 0.15) is 11.1 Å². The van der Waals surface area contributed by atoms with E-state index in [9.17, 15) is 17.4 Å². The zero-order valence-corrected chi connectivity index (χ0v) is 18.1. The Morgan fingerprint density at radius 3 is 2.30 bits per heavy atom. The van der Waals surface area contributed by atoms with Crippen molar-refractivity contribution in [1.82, 2.24) is 4.98 Å². The number of nitrogens with zero attached hydrogens (tertiary/aromatic N) is 3. The minimum absolute atomic E-state index is 0. The molecule has 1 aromatic heterocycles. The summed E-state index contributed by atoms with van der Waals surface area (Å²) >= 11 is 0. The summed E-state index contributed by atoms with van der Waals surface area (Å²) < 4.78 is 46.8. The van der Waals surface area contributed by atoms with Crippen LogP contribution in [-0.4, -0.2) is 47.5 Å². The molecular formula is C23H20FN4NaO3S. The Labute approximate surface area is 212 Å². The Kier molecular flexibility index (Phi) is 7.30. The second-order valence-electron chi connectivity index (χ2n) is 7.35. The van der Waals surface area contributed by atoms with E-state index in [1.807, 2.05) is 13.8 Å². The van der Waals surface area contributed by atoms with Gasteiger partial charge in [0.15, 0.2) is 0 Å². The van der Waals surface area contributed by atoms with Crippen LogP contribution in [0.25, 0.3) is 22.0 Å². The van der Waals surface area contributed by atoms with Gasteiger partial charge in [-0.1, -0.05) is 24.3 Å². The maximum absolute atomic E-state index is 13.4. The van der Waals surface area contributed by atoms with E-state index in [1.165, 1.54) is 24.4 Å². The van der Waals surface area contributed by atoms with Gasteiger partial charge in [0.25, 0.3) is 10.1 Å². The summed E-state index contributed by atoms with van der Waals surface area (Å²) in [6.07, 6.45) is 1.51. The van der Waals surface area contributed by atoms with Crippen LogP contribution in [0.2, 0.25) is 0 Å². The van der Waals surface area contributed by atoms with Gasteiger partial charge in [-0.15, -0.1) is 10.2 Å². The third-order valence-electron chi connectivity index (χ3n) is 5.08. The van der Waals surface area contributed by atoms with Crippen LogP contribution >= 0.6 is 0 Å². The van der Waals surface area contributed by atoms with Crippen LogP contribution < -0.4 is 5.73 Å². The molecule has 0 amide bonds. The maximum atomic E-state index is 13.4. The van der Waals surface area contributed by atoms with Crippen molar-refractivity contribution in [2.24, 2.45) is 10.2 Å². The molecule has 1 heterocycles. The van der Waals surface area contributed by atoms with Crippen molar-refractivity contribution in [2.75, 3.05) is 5.73 Å². The molecule has 33 heavy (non-hydrogen) atoms. The third-order valence-corrected chi connectivity index (χ3v) is 5.98. The zero-order chi connectivity index (χ0) is 23.0. The number of hydrogen-bond donors (Lipinski definition) is 2. The number of fused-ring (bicyclic) bond motifs is 1. The van der Waals surface area contributed by atoms with Crippen molar-refractivity contribution in [3.63, 3.8) is 0 Å². The predicted molar refractivity (Wildman–Crippen MR) is 129 cm³/mol. The van der Waals surface area contributed by atoms with E-state index in [1.54, 1.807) is 36.4 Å². The molecule has 0 bridgehead atoms. The number of nitrogen functional groups attached to an aromatic ring is 1. The number of aryl methyl sites for hydroxylation is 2. The number of benzene rings is 3. The van der Waals surface area contributed by atoms with Crippen molar-refractivity contribution < 1.29 is 17.4 Å². The first-order chi connectivity index (χ1) is 15.1. The molecule has 10 heteroatoms. The molecule has 0 spiro atoms. The molecule has 0 radical (unpaired) electrons. The standard InChI is InChI=1S/C23H19FN4O3S.Na.H/c1-13-9-15(24)7-8-17(13)23-14(2)10-16(12-26-23)27-28-20-11-21(32(29,30)31)18-5-3-4-6-19(18)22(20)25;;/h3-12H,25H2,1-2H3,(H,29,30,31);;. The number of azo groups is 1. The van der Waals surface area contributed by atoms with Gasteiger partial charge in [-0.05, 0) is 55.3 Å². The van der Waals surface area contributed by atoms with Crippen molar-refractivity contribution >= 4 is 67.5 Å². The zero-order valence-electron chi connectivity index (χ0n) is 17.2. The Morgan fingerprint density at radius 1 is 0.970 bits per heavy atom. The van der Waals surface area contributed by atoms with Gasteiger partial charge < -0.3 is 5.73 Å². The Balaban J connectivity index is 0.00000306. The van der Waals surface area contributed by atoms with E-state index >= 15 is 0 Å². The molecule has 0 aliphatic rings. The molecule has 0 fully saturated rings. The van der Waals surface area contributed by atoms with Crippen LogP contribution in [0.3, 0.4) is 0 Å². The molecular weight excluding hydrogens is 454 g/mol. The molecule has 0 aliphatic carbocycles. The Hall–Kier alpha value is -2.69. The van der Waals surface area contributed by atoms with Gasteiger partial charge in [0.1, 0.15) is 22.1 Å². The average Bonchev–Trinajstić information content (AvgIpc) is 2.73. The van der Waals surface area contributed by atoms with E-state index in [0.29, 0.717) is 22.2 Å². The third kappa shape index (κ3) is 5.13. The van der Waals surface area contributed by atoms with Crippen molar-refractivity contribution in [2.45, 2.75) is 18.7 Å². The molecule has 0 saturated carbocycles. The van der Waals surface area contributed by atoms with E-state index in [-0.39, 0.29) is 51.6 Å². The Morgan fingerprint density at radius 2 is 1.67 bits per heavy atom. The van der Waals surface area contributed by atoms with Crippen LogP contribution in [-0.2, 0) is 10.1 Å². The van der Waals surface area contributed by atoms with E-state index in [0.717, 1.165) is 16.7 Å². The van der Waals surface area contributed by atoms with Crippen molar-refractivity contribution in [3.8, 4) is 11.3 Å². The molecule has 4 rings (SSSR count). The van der Waals surface area contributed by atoms with Crippen molar-refractivity contribution in [3.05, 3.63) is 77.7 Å². The first-order valence-corrected chi connectivity index (χ1v) is 11.0. The van der Waals surface area contributed by atoms with Crippen LogP contribution in [0.15, 0.2) is 75.9 Å². The number of nitrogens with two attached hydrogens (primary N) is 1. The number of pyridine rings is 1. The fourth-order valence-electron chi connectivity index (χ4n) is 3.55. The topological polar surface area (TPSA) is 118 Å². The van der Waals surface area contributed by atoms with Gasteiger partial charge in [0.2, 0.25) is 0 Å². The molecule has 0 atom stereocenters.